The highest BCUT2D eigenvalue weighted by molar-refractivity contribution is 9.09. The molecule has 0 saturated heterocycles. The number of nitrogens with zero attached hydrogens (tertiary/aromatic N) is 1. The van der Waals surface area contributed by atoms with Crippen molar-refractivity contribution < 1.29 is 4.92 Å². The van der Waals surface area contributed by atoms with Gasteiger partial charge in [-0.3, -0.25) is 10.1 Å². The van der Waals surface area contributed by atoms with Gasteiger partial charge in [-0.25, -0.2) is 0 Å². The van der Waals surface area contributed by atoms with Crippen LogP contribution in [0.2, 0.25) is 0 Å². The zero-order valence-corrected chi connectivity index (χ0v) is 12.2. The number of halogens is 1. The average Bonchev–Trinajstić information content (AvgIpc) is 2.19. The molecule has 0 amide bonds. The molecule has 2 atom stereocenters. The third-order valence-electron chi connectivity index (χ3n) is 3.04. The predicted octanol–water partition coefficient (Wildman–Crippen LogP) is 4.43. The lowest BCUT2D eigenvalue weighted by molar-refractivity contribution is -0.384. The van der Waals surface area contributed by atoms with Crippen molar-refractivity contribution in [1.82, 2.24) is 0 Å². The molecule has 0 aliphatic rings. The second-order valence-corrected chi connectivity index (χ2v) is 6.19. The second-order valence-electron chi connectivity index (χ2n) is 4.75. The number of hydrogen-bond acceptors (Lipinski definition) is 2. The number of nitro benzene ring substituents is 1. The minimum Gasteiger partial charge on any atom is -0.258 e. The first-order chi connectivity index (χ1) is 7.84. The van der Waals surface area contributed by atoms with Crippen molar-refractivity contribution in [3.8, 4) is 0 Å². The summed E-state index contributed by atoms with van der Waals surface area (Å²) < 4.78 is 0. The van der Waals surface area contributed by atoms with Crippen molar-refractivity contribution in [3.05, 3.63) is 39.4 Å². The van der Waals surface area contributed by atoms with Crippen LogP contribution < -0.4 is 0 Å². The Labute approximate surface area is 111 Å². The van der Waals surface area contributed by atoms with Gasteiger partial charge in [-0.2, -0.15) is 0 Å². The van der Waals surface area contributed by atoms with E-state index in [0.717, 1.165) is 5.56 Å². The molecule has 0 N–H and O–H groups in total. The molecule has 94 valence electrons. The van der Waals surface area contributed by atoms with Gasteiger partial charge in [0.2, 0.25) is 0 Å². The molecule has 0 bridgehead atoms. The summed E-state index contributed by atoms with van der Waals surface area (Å²) in [6.45, 7) is 8.39. The molecule has 1 aromatic rings. The minimum atomic E-state index is -0.348. The Bertz CT molecular complexity index is 408. The highest BCUT2D eigenvalue weighted by Gasteiger charge is 2.23. The van der Waals surface area contributed by atoms with E-state index in [0.29, 0.717) is 16.7 Å². The van der Waals surface area contributed by atoms with Crippen LogP contribution >= 0.6 is 15.9 Å². The molecule has 0 fully saturated rings. The molecule has 1 rings (SSSR count). The Morgan fingerprint density at radius 1 is 1.29 bits per heavy atom. The number of hydrogen-bond donors (Lipinski definition) is 0. The van der Waals surface area contributed by atoms with Gasteiger partial charge in [0.25, 0.3) is 5.69 Å². The molecule has 0 aliphatic heterocycles. The van der Waals surface area contributed by atoms with Gasteiger partial charge in [0.05, 0.1) is 4.92 Å². The zero-order chi connectivity index (χ0) is 13.2. The molecule has 2 unspecified atom stereocenters. The lowest BCUT2D eigenvalue weighted by Crippen LogP contribution is -2.16. The van der Waals surface area contributed by atoms with Gasteiger partial charge in [0.1, 0.15) is 0 Å². The van der Waals surface area contributed by atoms with E-state index in [1.807, 2.05) is 13.0 Å². The normalized spacial score (nSPS) is 14.7. The predicted molar refractivity (Wildman–Crippen MR) is 73.8 cm³/mol. The van der Waals surface area contributed by atoms with Crippen molar-refractivity contribution in [2.24, 2.45) is 5.92 Å². The maximum absolute atomic E-state index is 10.7. The van der Waals surface area contributed by atoms with Crippen LogP contribution in [0.15, 0.2) is 18.2 Å². The van der Waals surface area contributed by atoms with Crippen LogP contribution in [0.4, 0.5) is 5.69 Å². The number of rotatable bonds is 4. The lowest BCUT2D eigenvalue weighted by Gasteiger charge is -2.25. The first kappa shape index (κ1) is 14.2. The van der Waals surface area contributed by atoms with E-state index in [1.165, 1.54) is 5.56 Å². The van der Waals surface area contributed by atoms with E-state index in [2.05, 4.69) is 36.7 Å². The van der Waals surface area contributed by atoms with Crippen LogP contribution in [-0.4, -0.2) is 9.75 Å². The highest BCUT2D eigenvalue weighted by atomic mass is 79.9. The summed E-state index contributed by atoms with van der Waals surface area (Å²) in [5, 5.41) is 10.7. The van der Waals surface area contributed by atoms with Gasteiger partial charge in [-0.1, -0.05) is 42.8 Å². The largest absolute Gasteiger partial charge is 0.269 e. The molecule has 3 nitrogen and oxygen atoms in total. The summed E-state index contributed by atoms with van der Waals surface area (Å²) in [5.41, 5.74) is 2.34. The smallest absolute Gasteiger partial charge is 0.258 e. The van der Waals surface area contributed by atoms with Gasteiger partial charge in [0.15, 0.2) is 0 Å². The van der Waals surface area contributed by atoms with Crippen LogP contribution in [-0.2, 0) is 0 Å². The summed E-state index contributed by atoms with van der Waals surface area (Å²) in [7, 11) is 0. The highest BCUT2D eigenvalue weighted by Crippen LogP contribution is 2.35. The van der Waals surface area contributed by atoms with Crippen LogP contribution in [0.1, 0.15) is 37.8 Å². The fourth-order valence-corrected chi connectivity index (χ4v) is 3.18. The molecule has 1 aromatic carbocycles. The van der Waals surface area contributed by atoms with Crippen molar-refractivity contribution >= 4 is 21.6 Å². The summed E-state index contributed by atoms with van der Waals surface area (Å²) in [5.74, 6) is 0.861. The molecule has 0 aliphatic carbocycles. The summed E-state index contributed by atoms with van der Waals surface area (Å²) >= 11 is 3.63. The summed E-state index contributed by atoms with van der Waals surface area (Å²) in [6.07, 6.45) is 0. The Balaban J connectivity index is 3.18. The van der Waals surface area contributed by atoms with Crippen molar-refractivity contribution in [3.63, 3.8) is 0 Å². The van der Waals surface area contributed by atoms with Crippen LogP contribution in [0, 0.1) is 23.0 Å². The quantitative estimate of drug-likeness (QED) is 0.469. The Hall–Kier alpha value is -0.900. The Kier molecular flexibility index (Phi) is 4.69. The number of benzene rings is 1. The zero-order valence-electron chi connectivity index (χ0n) is 10.6. The monoisotopic (exact) mass is 299 g/mol. The van der Waals surface area contributed by atoms with Crippen LogP contribution in [0.3, 0.4) is 0 Å². The summed E-state index contributed by atoms with van der Waals surface area (Å²) in [4.78, 5) is 10.7. The molecule has 0 heterocycles. The molecule has 17 heavy (non-hydrogen) atoms. The van der Waals surface area contributed by atoms with Crippen LogP contribution in [0.25, 0.3) is 0 Å². The standard InChI is InChI=1S/C13H18BrNO2/c1-8(2)13(10(4)14)12-6-5-11(15(16)17)7-9(12)3/h5-8,10,13H,1-4H3. The van der Waals surface area contributed by atoms with E-state index in [1.54, 1.807) is 12.1 Å². The second kappa shape index (κ2) is 5.63. The van der Waals surface area contributed by atoms with E-state index >= 15 is 0 Å². The molecule has 0 spiro atoms. The van der Waals surface area contributed by atoms with E-state index in [-0.39, 0.29) is 10.6 Å². The number of nitro groups is 1. The third-order valence-corrected chi connectivity index (χ3v) is 3.61. The van der Waals surface area contributed by atoms with Crippen molar-refractivity contribution in [1.29, 1.82) is 0 Å². The molecule has 0 aromatic heterocycles. The first-order valence-corrected chi connectivity index (χ1v) is 6.65. The van der Waals surface area contributed by atoms with Crippen LogP contribution in [0.5, 0.6) is 0 Å². The van der Waals surface area contributed by atoms with E-state index in [9.17, 15) is 10.1 Å². The van der Waals surface area contributed by atoms with E-state index in [4.69, 9.17) is 0 Å². The first-order valence-electron chi connectivity index (χ1n) is 5.73. The number of non-ortho nitro benzene ring substituents is 1. The molecule has 4 heteroatoms. The van der Waals surface area contributed by atoms with E-state index < -0.39 is 0 Å². The maximum atomic E-state index is 10.7. The minimum absolute atomic E-state index is 0.163. The molecule has 0 saturated carbocycles. The maximum Gasteiger partial charge on any atom is 0.269 e. The summed E-state index contributed by atoms with van der Waals surface area (Å²) in [6, 6.07) is 5.13. The van der Waals surface area contributed by atoms with Crippen molar-refractivity contribution in [2.75, 3.05) is 0 Å². The average molecular weight is 300 g/mol. The fraction of sp³-hybridized carbons (Fsp3) is 0.538. The molecular weight excluding hydrogens is 282 g/mol. The topological polar surface area (TPSA) is 43.1 Å². The molecule has 0 radical (unpaired) electrons. The molecular formula is C13H18BrNO2. The Morgan fingerprint density at radius 2 is 1.88 bits per heavy atom. The fourth-order valence-electron chi connectivity index (χ4n) is 2.28. The lowest BCUT2D eigenvalue weighted by atomic mass is 9.84. The van der Waals surface area contributed by atoms with Gasteiger partial charge in [-0.05, 0) is 29.9 Å². The number of aryl methyl sites for hydroxylation is 1. The van der Waals surface area contributed by atoms with Gasteiger partial charge < -0.3 is 0 Å². The van der Waals surface area contributed by atoms with Gasteiger partial charge in [0, 0.05) is 17.0 Å². The Morgan fingerprint density at radius 3 is 2.24 bits per heavy atom. The van der Waals surface area contributed by atoms with Crippen molar-refractivity contribution in [2.45, 2.75) is 38.4 Å². The SMILES string of the molecule is Cc1cc([N+](=O)[O-])ccc1C(C(C)C)C(C)Br. The third kappa shape index (κ3) is 3.28. The number of alkyl halides is 1. The van der Waals surface area contributed by atoms with Gasteiger partial charge in [-0.15, -0.1) is 0 Å². The van der Waals surface area contributed by atoms with Gasteiger partial charge >= 0.3 is 0 Å².